The highest BCUT2D eigenvalue weighted by Gasteiger charge is 2.19. The third-order valence-corrected chi connectivity index (χ3v) is 2.18. The van der Waals surface area contributed by atoms with Crippen molar-refractivity contribution in [2.45, 2.75) is 18.6 Å². The normalized spacial score (nSPS) is 14.5. The maximum Gasteiger partial charge on any atom is 0.223 e. The number of carbonyl (C=O) groups excluding carboxylic acids is 1. The molecular formula is C10H13FN2O3. The predicted octanol–water partition coefficient (Wildman–Crippen LogP) is -0.224. The molecule has 0 aliphatic rings. The van der Waals surface area contributed by atoms with E-state index in [1.165, 1.54) is 0 Å². The van der Waals surface area contributed by atoms with Gasteiger partial charge in [-0.15, -0.1) is 0 Å². The van der Waals surface area contributed by atoms with E-state index in [0.717, 1.165) is 12.3 Å². The highest BCUT2D eigenvalue weighted by molar-refractivity contribution is 5.74. The van der Waals surface area contributed by atoms with Crippen molar-refractivity contribution in [3.63, 3.8) is 0 Å². The minimum atomic E-state index is -1.23. The summed E-state index contributed by atoms with van der Waals surface area (Å²) in [5.74, 6) is -0.903. The van der Waals surface area contributed by atoms with Crippen molar-refractivity contribution in [2.75, 3.05) is 6.54 Å². The third kappa shape index (κ3) is 2.82. The van der Waals surface area contributed by atoms with Gasteiger partial charge >= 0.3 is 0 Å². The number of hydrogen-bond donors (Lipinski definition) is 3. The molecule has 0 saturated carbocycles. The van der Waals surface area contributed by atoms with Gasteiger partial charge in [-0.25, -0.2) is 4.98 Å². The number of aldehydes is 1. The number of hydrogen-bond acceptors (Lipinski definition) is 5. The molecule has 6 heteroatoms. The molecule has 0 spiro atoms. The molecule has 0 bridgehead atoms. The van der Waals surface area contributed by atoms with Crippen LogP contribution in [0.1, 0.15) is 28.4 Å². The van der Waals surface area contributed by atoms with Crippen molar-refractivity contribution in [3.05, 3.63) is 29.3 Å². The van der Waals surface area contributed by atoms with Gasteiger partial charge in [-0.1, -0.05) is 0 Å². The Labute approximate surface area is 91.7 Å². The molecule has 1 aromatic heterocycles. The first-order valence-electron chi connectivity index (χ1n) is 4.77. The highest BCUT2D eigenvalue weighted by Crippen LogP contribution is 2.19. The molecule has 0 fully saturated rings. The van der Waals surface area contributed by atoms with Crippen LogP contribution in [-0.4, -0.2) is 34.1 Å². The summed E-state index contributed by atoms with van der Waals surface area (Å²) < 4.78 is 12.9. The predicted molar refractivity (Wildman–Crippen MR) is 54.2 cm³/mol. The van der Waals surface area contributed by atoms with Crippen LogP contribution in [0.4, 0.5) is 4.39 Å². The summed E-state index contributed by atoms with van der Waals surface area (Å²) in [6, 6.07) is 1.15. The number of nitrogens with two attached hydrogens (primary N) is 1. The fourth-order valence-corrected chi connectivity index (χ4v) is 1.28. The van der Waals surface area contributed by atoms with Gasteiger partial charge in [0.05, 0.1) is 11.7 Å². The Morgan fingerprint density at radius 3 is 2.81 bits per heavy atom. The van der Waals surface area contributed by atoms with Crippen LogP contribution in [0.3, 0.4) is 0 Å². The number of pyridine rings is 1. The summed E-state index contributed by atoms with van der Waals surface area (Å²) >= 11 is 0. The lowest BCUT2D eigenvalue weighted by molar-refractivity contribution is 0.0147. The minimum absolute atomic E-state index is 0.185. The van der Waals surface area contributed by atoms with Crippen LogP contribution in [-0.2, 0) is 0 Å². The van der Waals surface area contributed by atoms with Gasteiger partial charge in [-0.2, -0.15) is 4.39 Å². The molecule has 1 aromatic rings. The van der Waals surface area contributed by atoms with Crippen LogP contribution >= 0.6 is 0 Å². The Balaban J connectivity index is 2.91. The number of aliphatic hydroxyl groups excluding tert-OH is 2. The van der Waals surface area contributed by atoms with Crippen molar-refractivity contribution >= 4 is 6.29 Å². The minimum Gasteiger partial charge on any atom is -0.390 e. The van der Waals surface area contributed by atoms with Gasteiger partial charge in [0.15, 0.2) is 6.29 Å². The lowest BCUT2D eigenvalue weighted by Gasteiger charge is -2.17. The second-order valence-corrected chi connectivity index (χ2v) is 3.36. The molecule has 0 aromatic carbocycles. The average Bonchev–Trinajstić information content (AvgIpc) is 2.29. The summed E-state index contributed by atoms with van der Waals surface area (Å²) in [4.78, 5) is 13.8. The lowest BCUT2D eigenvalue weighted by atomic mass is 10.0. The van der Waals surface area contributed by atoms with E-state index in [4.69, 9.17) is 5.73 Å². The topological polar surface area (TPSA) is 96.4 Å². The number of aliphatic hydroxyl groups is 2. The number of aromatic nitrogens is 1. The second-order valence-electron chi connectivity index (χ2n) is 3.36. The Morgan fingerprint density at radius 1 is 1.56 bits per heavy atom. The number of carbonyl (C=O) groups is 1. The van der Waals surface area contributed by atoms with Gasteiger partial charge in [0.25, 0.3) is 0 Å². The van der Waals surface area contributed by atoms with Crippen molar-refractivity contribution in [2.24, 2.45) is 5.73 Å². The average molecular weight is 228 g/mol. The van der Waals surface area contributed by atoms with Gasteiger partial charge in [-0.3, -0.25) is 4.79 Å². The Kier molecular flexibility index (Phi) is 4.48. The molecular weight excluding hydrogens is 215 g/mol. The van der Waals surface area contributed by atoms with Crippen LogP contribution in [0.2, 0.25) is 0 Å². The number of rotatable bonds is 5. The molecule has 16 heavy (non-hydrogen) atoms. The lowest BCUT2D eigenvalue weighted by Crippen LogP contribution is -2.22. The zero-order valence-corrected chi connectivity index (χ0v) is 8.51. The van der Waals surface area contributed by atoms with Crippen LogP contribution in [0.15, 0.2) is 12.3 Å². The van der Waals surface area contributed by atoms with E-state index in [1.54, 1.807) is 0 Å². The fourth-order valence-electron chi connectivity index (χ4n) is 1.28. The standard InChI is InChI=1S/C10H13FN2O3/c11-10-7(5-14)3-6(4-13-10)9(16)8(15)1-2-12/h3-5,8-9,15-16H,1-2,12H2. The molecule has 88 valence electrons. The van der Waals surface area contributed by atoms with Crippen LogP contribution in [0.5, 0.6) is 0 Å². The van der Waals surface area contributed by atoms with E-state index in [2.05, 4.69) is 4.98 Å². The van der Waals surface area contributed by atoms with Gasteiger partial charge in [-0.05, 0) is 19.0 Å². The Morgan fingerprint density at radius 2 is 2.25 bits per heavy atom. The maximum absolute atomic E-state index is 12.9. The third-order valence-electron chi connectivity index (χ3n) is 2.18. The summed E-state index contributed by atoms with van der Waals surface area (Å²) in [7, 11) is 0. The zero-order chi connectivity index (χ0) is 12.1. The van der Waals surface area contributed by atoms with E-state index in [1.807, 2.05) is 0 Å². The maximum atomic E-state index is 12.9. The summed E-state index contributed by atoms with van der Waals surface area (Å²) in [6.07, 6.45) is -0.706. The molecule has 2 unspecified atom stereocenters. The zero-order valence-electron chi connectivity index (χ0n) is 8.51. The highest BCUT2D eigenvalue weighted by atomic mass is 19.1. The Hall–Kier alpha value is -1.37. The molecule has 1 heterocycles. The fraction of sp³-hybridized carbons (Fsp3) is 0.400. The molecule has 0 radical (unpaired) electrons. The molecule has 2 atom stereocenters. The van der Waals surface area contributed by atoms with Crippen LogP contribution in [0.25, 0.3) is 0 Å². The first-order valence-corrected chi connectivity index (χ1v) is 4.77. The first kappa shape index (κ1) is 12.7. The smallest absolute Gasteiger partial charge is 0.223 e. The molecule has 5 nitrogen and oxygen atoms in total. The number of nitrogens with zero attached hydrogens (tertiary/aromatic N) is 1. The molecule has 0 aliphatic carbocycles. The SMILES string of the molecule is NCCC(O)C(O)c1cnc(F)c(C=O)c1. The molecule has 0 saturated heterocycles. The van der Waals surface area contributed by atoms with Gasteiger partial charge in [0.2, 0.25) is 5.95 Å². The van der Waals surface area contributed by atoms with E-state index < -0.39 is 18.2 Å². The molecule has 0 aliphatic heterocycles. The second kappa shape index (κ2) is 5.64. The van der Waals surface area contributed by atoms with Crippen LogP contribution < -0.4 is 5.73 Å². The molecule has 1 rings (SSSR count). The monoisotopic (exact) mass is 228 g/mol. The van der Waals surface area contributed by atoms with E-state index >= 15 is 0 Å². The number of halogens is 1. The van der Waals surface area contributed by atoms with Crippen molar-refractivity contribution < 1.29 is 19.4 Å². The molecule has 0 amide bonds. The Bertz CT molecular complexity index is 373. The van der Waals surface area contributed by atoms with Crippen molar-refractivity contribution in [1.29, 1.82) is 0 Å². The van der Waals surface area contributed by atoms with Crippen molar-refractivity contribution in [1.82, 2.24) is 4.98 Å². The summed E-state index contributed by atoms with van der Waals surface area (Å²) in [5.41, 5.74) is 5.15. The molecule has 4 N–H and O–H groups in total. The summed E-state index contributed by atoms with van der Waals surface area (Å²) in [6.45, 7) is 0.216. The summed E-state index contributed by atoms with van der Waals surface area (Å²) in [5, 5.41) is 19.1. The van der Waals surface area contributed by atoms with Gasteiger partial charge < -0.3 is 15.9 Å². The van der Waals surface area contributed by atoms with Crippen molar-refractivity contribution in [3.8, 4) is 0 Å². The van der Waals surface area contributed by atoms with Crippen LogP contribution in [0, 0.1) is 5.95 Å². The van der Waals surface area contributed by atoms with E-state index in [-0.39, 0.29) is 24.1 Å². The van der Waals surface area contributed by atoms with Gasteiger partial charge in [0, 0.05) is 11.8 Å². The first-order chi connectivity index (χ1) is 7.60. The largest absolute Gasteiger partial charge is 0.390 e. The quantitative estimate of drug-likeness (QED) is 0.478. The van der Waals surface area contributed by atoms with E-state index in [9.17, 15) is 19.4 Å². The van der Waals surface area contributed by atoms with Gasteiger partial charge in [0.1, 0.15) is 6.10 Å². The van der Waals surface area contributed by atoms with E-state index in [0.29, 0.717) is 6.29 Å².